The van der Waals surface area contributed by atoms with Gasteiger partial charge in [-0.25, -0.2) is 0 Å². The summed E-state index contributed by atoms with van der Waals surface area (Å²) >= 11 is 3.39. The fraction of sp³-hybridized carbons (Fsp3) is 0.500. The van der Waals surface area contributed by atoms with Gasteiger partial charge in [0.05, 0.1) is 0 Å². The molecule has 88 valence electrons. The maximum absolute atomic E-state index is 11.9. The van der Waals surface area contributed by atoms with E-state index >= 15 is 0 Å². The maximum atomic E-state index is 11.9. The van der Waals surface area contributed by atoms with Crippen molar-refractivity contribution in [3.63, 3.8) is 0 Å². The van der Waals surface area contributed by atoms with E-state index in [-0.39, 0.29) is 5.78 Å². The van der Waals surface area contributed by atoms with Gasteiger partial charge in [0.15, 0.2) is 5.78 Å². The quantitative estimate of drug-likeness (QED) is 0.428. The van der Waals surface area contributed by atoms with Crippen molar-refractivity contribution in [1.29, 1.82) is 0 Å². The standard InChI is InChI=1S/C14H19BrO/c1-11-7-8-13(10-12(11)2)14(16)6-4-3-5-9-15/h7-8,10H,3-6,9H2,1-2H3. The molecule has 0 amide bonds. The maximum Gasteiger partial charge on any atom is 0.162 e. The third kappa shape index (κ3) is 4.09. The van der Waals surface area contributed by atoms with Gasteiger partial charge in [-0.15, -0.1) is 0 Å². The highest BCUT2D eigenvalue weighted by atomic mass is 79.9. The van der Waals surface area contributed by atoms with Gasteiger partial charge in [-0.3, -0.25) is 4.79 Å². The Bertz CT molecular complexity index is 358. The summed E-state index contributed by atoms with van der Waals surface area (Å²) in [5.41, 5.74) is 3.31. The van der Waals surface area contributed by atoms with Gasteiger partial charge in [-0.05, 0) is 43.9 Å². The topological polar surface area (TPSA) is 17.1 Å². The molecule has 0 N–H and O–H groups in total. The first kappa shape index (κ1) is 13.4. The van der Waals surface area contributed by atoms with E-state index in [1.54, 1.807) is 0 Å². The number of halogens is 1. The summed E-state index contributed by atoms with van der Waals surface area (Å²) in [6.07, 6.45) is 3.95. The lowest BCUT2D eigenvalue weighted by Crippen LogP contribution is -2.00. The first-order valence-electron chi connectivity index (χ1n) is 5.81. The molecule has 1 rings (SSSR count). The van der Waals surface area contributed by atoms with Crippen molar-refractivity contribution in [1.82, 2.24) is 0 Å². The van der Waals surface area contributed by atoms with Crippen molar-refractivity contribution < 1.29 is 4.79 Å². The second-order valence-corrected chi connectivity index (χ2v) is 5.01. The van der Waals surface area contributed by atoms with Crippen LogP contribution in [0.25, 0.3) is 0 Å². The zero-order chi connectivity index (χ0) is 12.0. The predicted molar refractivity (Wildman–Crippen MR) is 72.5 cm³/mol. The molecule has 0 spiro atoms. The number of ketones is 1. The number of benzene rings is 1. The van der Waals surface area contributed by atoms with Crippen LogP contribution in [0, 0.1) is 13.8 Å². The summed E-state index contributed by atoms with van der Waals surface area (Å²) < 4.78 is 0. The Labute approximate surface area is 106 Å². The summed E-state index contributed by atoms with van der Waals surface area (Å²) in [5.74, 6) is 0.276. The Kier molecular flexibility index (Phi) is 5.75. The van der Waals surface area contributed by atoms with E-state index in [1.807, 2.05) is 18.2 Å². The molecule has 1 aromatic rings. The van der Waals surface area contributed by atoms with Gasteiger partial charge in [-0.2, -0.15) is 0 Å². The number of carbonyl (C=O) groups excluding carboxylic acids is 1. The zero-order valence-electron chi connectivity index (χ0n) is 10.1. The van der Waals surface area contributed by atoms with Gasteiger partial charge >= 0.3 is 0 Å². The van der Waals surface area contributed by atoms with Crippen LogP contribution in [0.2, 0.25) is 0 Å². The number of Topliss-reactive ketones (excluding diaryl/α,β-unsaturated/α-hetero) is 1. The lowest BCUT2D eigenvalue weighted by molar-refractivity contribution is 0.0979. The first-order chi connectivity index (χ1) is 7.65. The fourth-order valence-corrected chi connectivity index (χ4v) is 2.01. The summed E-state index contributed by atoms with van der Waals surface area (Å²) in [4.78, 5) is 11.9. The molecule has 0 aromatic heterocycles. The molecule has 16 heavy (non-hydrogen) atoms. The third-order valence-corrected chi connectivity index (χ3v) is 3.43. The van der Waals surface area contributed by atoms with Gasteiger partial charge in [0.1, 0.15) is 0 Å². The Morgan fingerprint density at radius 2 is 1.88 bits per heavy atom. The number of alkyl halides is 1. The molecule has 0 aliphatic heterocycles. The average Bonchev–Trinajstić information content (AvgIpc) is 2.28. The highest BCUT2D eigenvalue weighted by molar-refractivity contribution is 9.09. The Balaban J connectivity index is 2.50. The van der Waals surface area contributed by atoms with Crippen LogP contribution < -0.4 is 0 Å². The minimum atomic E-state index is 0.276. The summed E-state index contributed by atoms with van der Waals surface area (Å²) in [5, 5.41) is 1.03. The molecule has 0 aliphatic carbocycles. The fourth-order valence-electron chi connectivity index (χ4n) is 1.62. The van der Waals surface area contributed by atoms with Crippen molar-refractivity contribution in [2.45, 2.75) is 39.5 Å². The molecule has 0 fully saturated rings. The number of hydrogen-bond donors (Lipinski definition) is 0. The minimum absolute atomic E-state index is 0.276. The normalized spacial score (nSPS) is 10.4. The monoisotopic (exact) mass is 282 g/mol. The highest BCUT2D eigenvalue weighted by Gasteiger charge is 2.06. The molecular weight excluding hydrogens is 264 g/mol. The van der Waals surface area contributed by atoms with E-state index in [0.717, 1.165) is 30.2 Å². The van der Waals surface area contributed by atoms with Gasteiger partial charge in [-0.1, -0.05) is 34.5 Å². The largest absolute Gasteiger partial charge is 0.294 e. The van der Waals surface area contributed by atoms with E-state index < -0.39 is 0 Å². The number of aryl methyl sites for hydroxylation is 2. The summed E-state index contributed by atoms with van der Waals surface area (Å²) in [6.45, 7) is 4.12. The van der Waals surface area contributed by atoms with Crippen LogP contribution in [0.4, 0.5) is 0 Å². The summed E-state index contributed by atoms with van der Waals surface area (Å²) in [6, 6.07) is 5.97. The molecule has 2 heteroatoms. The van der Waals surface area contributed by atoms with Gasteiger partial charge in [0, 0.05) is 17.3 Å². The Morgan fingerprint density at radius 1 is 1.12 bits per heavy atom. The van der Waals surface area contributed by atoms with E-state index in [2.05, 4.69) is 29.8 Å². The zero-order valence-corrected chi connectivity index (χ0v) is 11.6. The molecule has 0 radical (unpaired) electrons. The minimum Gasteiger partial charge on any atom is -0.294 e. The first-order valence-corrected chi connectivity index (χ1v) is 6.93. The molecule has 0 bridgehead atoms. The number of hydrogen-bond acceptors (Lipinski definition) is 1. The van der Waals surface area contributed by atoms with Gasteiger partial charge in [0.2, 0.25) is 0 Å². The van der Waals surface area contributed by atoms with Crippen LogP contribution in [-0.2, 0) is 0 Å². The van der Waals surface area contributed by atoms with Crippen LogP contribution in [0.1, 0.15) is 47.2 Å². The number of rotatable bonds is 6. The van der Waals surface area contributed by atoms with Gasteiger partial charge < -0.3 is 0 Å². The Morgan fingerprint density at radius 3 is 2.50 bits per heavy atom. The van der Waals surface area contributed by atoms with Crippen molar-refractivity contribution in [2.75, 3.05) is 5.33 Å². The van der Waals surface area contributed by atoms with Gasteiger partial charge in [0.25, 0.3) is 0 Å². The molecule has 0 unspecified atom stereocenters. The predicted octanol–water partition coefficient (Wildman–Crippen LogP) is 4.44. The lowest BCUT2D eigenvalue weighted by Gasteiger charge is -2.04. The second kappa shape index (κ2) is 6.85. The Hall–Kier alpha value is -0.630. The van der Waals surface area contributed by atoms with Crippen LogP contribution in [-0.4, -0.2) is 11.1 Å². The van der Waals surface area contributed by atoms with Crippen LogP contribution in [0.3, 0.4) is 0 Å². The highest BCUT2D eigenvalue weighted by Crippen LogP contribution is 2.13. The average molecular weight is 283 g/mol. The van der Waals surface area contributed by atoms with Crippen LogP contribution in [0.5, 0.6) is 0 Å². The van der Waals surface area contributed by atoms with E-state index in [0.29, 0.717) is 6.42 Å². The van der Waals surface area contributed by atoms with E-state index in [1.165, 1.54) is 11.1 Å². The van der Waals surface area contributed by atoms with Crippen molar-refractivity contribution in [3.8, 4) is 0 Å². The molecule has 1 nitrogen and oxygen atoms in total. The van der Waals surface area contributed by atoms with E-state index in [9.17, 15) is 4.79 Å². The molecule has 0 atom stereocenters. The van der Waals surface area contributed by atoms with Crippen LogP contribution >= 0.6 is 15.9 Å². The SMILES string of the molecule is Cc1ccc(C(=O)CCCCCBr)cc1C. The molecule has 0 saturated heterocycles. The molecule has 0 heterocycles. The number of carbonyl (C=O) groups is 1. The summed E-state index contributed by atoms with van der Waals surface area (Å²) in [7, 11) is 0. The van der Waals surface area contributed by atoms with Crippen molar-refractivity contribution in [2.24, 2.45) is 0 Å². The molecule has 1 aromatic carbocycles. The molecule has 0 saturated carbocycles. The third-order valence-electron chi connectivity index (χ3n) is 2.87. The molecule has 0 aliphatic rings. The molecular formula is C14H19BrO. The van der Waals surface area contributed by atoms with E-state index in [4.69, 9.17) is 0 Å². The van der Waals surface area contributed by atoms with Crippen molar-refractivity contribution in [3.05, 3.63) is 34.9 Å². The lowest BCUT2D eigenvalue weighted by atomic mass is 10.0. The van der Waals surface area contributed by atoms with Crippen molar-refractivity contribution >= 4 is 21.7 Å². The van der Waals surface area contributed by atoms with Crippen LogP contribution in [0.15, 0.2) is 18.2 Å². The smallest absolute Gasteiger partial charge is 0.162 e. The number of unbranched alkanes of at least 4 members (excludes halogenated alkanes) is 2. The second-order valence-electron chi connectivity index (χ2n) is 4.22.